The third-order valence-corrected chi connectivity index (χ3v) is 6.01. The molecule has 2 N–H and O–H groups in total. The van der Waals surface area contributed by atoms with Gasteiger partial charge in [-0.05, 0) is 86.6 Å². The number of nitrogens with one attached hydrogen (secondary N) is 2. The highest BCUT2D eigenvalue weighted by Gasteiger charge is 2.11. The molecule has 6 heteroatoms. The topological polar surface area (TPSA) is 83.1 Å². The number of aryl methyl sites for hydroxylation is 2. The van der Waals surface area contributed by atoms with Gasteiger partial charge >= 0.3 is 0 Å². The van der Waals surface area contributed by atoms with E-state index in [1.165, 1.54) is 0 Å². The molecule has 0 fully saturated rings. The van der Waals surface area contributed by atoms with Crippen LogP contribution in [0.5, 0.6) is 0 Å². The summed E-state index contributed by atoms with van der Waals surface area (Å²) in [5.41, 5.74) is 10.9. The molecule has 0 aliphatic heterocycles. The molecule has 0 saturated carbocycles. The Morgan fingerprint density at radius 1 is 0.361 bits per heavy atom. The van der Waals surface area contributed by atoms with Crippen LogP contribution in [0.2, 0.25) is 0 Å². The molecule has 6 rings (SSSR count). The van der Waals surface area contributed by atoms with E-state index in [2.05, 4.69) is 19.9 Å². The number of nitrogens with zero attached hydrogens (tertiary/aromatic N) is 4. The van der Waals surface area contributed by atoms with E-state index in [9.17, 15) is 0 Å². The summed E-state index contributed by atoms with van der Waals surface area (Å²) >= 11 is 0. The fourth-order valence-corrected chi connectivity index (χ4v) is 4.23. The van der Waals surface area contributed by atoms with Gasteiger partial charge in [0.05, 0.1) is 56.9 Å². The van der Waals surface area contributed by atoms with Crippen LogP contribution in [0.25, 0.3) is 56.9 Å². The number of aromatic amines is 2. The van der Waals surface area contributed by atoms with Crippen molar-refractivity contribution in [3.05, 3.63) is 108 Å². The molecule has 6 heterocycles. The zero-order chi connectivity index (χ0) is 24.5. The number of hydrogen-bond donors (Lipinski definition) is 2. The van der Waals surface area contributed by atoms with E-state index in [0.29, 0.717) is 0 Å². The van der Waals surface area contributed by atoms with Crippen LogP contribution < -0.4 is 0 Å². The molecule has 0 spiro atoms. The first kappa shape index (κ1) is 21.7. The second-order valence-electron chi connectivity index (χ2n) is 8.72. The van der Waals surface area contributed by atoms with E-state index in [-0.39, 0.29) is 0 Å². The molecule has 0 radical (unpaired) electrons. The summed E-state index contributed by atoms with van der Waals surface area (Å²) < 4.78 is 0. The van der Waals surface area contributed by atoms with E-state index in [0.717, 1.165) is 68.3 Å². The minimum absolute atomic E-state index is 0.811. The lowest BCUT2D eigenvalue weighted by Gasteiger charge is -2.06. The molecule has 0 aliphatic carbocycles. The third kappa shape index (κ3) is 4.32. The molecule has 0 bridgehead atoms. The highest BCUT2D eigenvalue weighted by molar-refractivity contribution is 5.69. The van der Waals surface area contributed by atoms with Crippen molar-refractivity contribution >= 4 is 0 Å². The van der Waals surface area contributed by atoms with Crippen LogP contribution >= 0.6 is 0 Å². The summed E-state index contributed by atoms with van der Waals surface area (Å²) in [6, 6.07) is 32.2. The molecule has 6 nitrogen and oxygen atoms in total. The van der Waals surface area contributed by atoms with E-state index in [1.807, 2.05) is 111 Å². The highest BCUT2D eigenvalue weighted by Crippen LogP contribution is 2.27. The second kappa shape index (κ2) is 9.07. The number of aromatic nitrogens is 6. The molecule has 0 amide bonds. The zero-order valence-corrected chi connectivity index (χ0v) is 20.0. The molecule has 0 saturated heterocycles. The number of H-pyrrole nitrogens is 2. The zero-order valence-electron chi connectivity index (χ0n) is 20.0. The highest BCUT2D eigenvalue weighted by atomic mass is 14.9. The van der Waals surface area contributed by atoms with Gasteiger partial charge in [0.15, 0.2) is 0 Å². The van der Waals surface area contributed by atoms with Crippen LogP contribution in [-0.2, 0) is 0 Å². The molecular weight excluding hydrogens is 444 g/mol. The smallest absolute Gasteiger partial charge is 0.0894 e. The maximum atomic E-state index is 4.90. The minimum Gasteiger partial charge on any atom is -0.352 e. The van der Waals surface area contributed by atoms with Gasteiger partial charge in [-0.15, -0.1) is 0 Å². The van der Waals surface area contributed by atoms with Crippen molar-refractivity contribution in [3.63, 3.8) is 0 Å². The van der Waals surface area contributed by atoms with Gasteiger partial charge in [0.25, 0.3) is 0 Å². The molecule has 0 unspecified atom stereocenters. The molecule has 6 aromatic heterocycles. The Labute approximate surface area is 209 Å². The fraction of sp³-hybridized carbons (Fsp3) is 0.0667. The van der Waals surface area contributed by atoms with Crippen molar-refractivity contribution in [2.24, 2.45) is 0 Å². The van der Waals surface area contributed by atoms with E-state index < -0.39 is 0 Å². The second-order valence-corrected chi connectivity index (χ2v) is 8.72. The van der Waals surface area contributed by atoms with Gasteiger partial charge in [-0.25, -0.2) is 9.97 Å². The predicted molar refractivity (Wildman–Crippen MR) is 143 cm³/mol. The van der Waals surface area contributed by atoms with Crippen LogP contribution in [0, 0.1) is 13.8 Å². The summed E-state index contributed by atoms with van der Waals surface area (Å²) in [7, 11) is 0. The first-order valence-corrected chi connectivity index (χ1v) is 11.8. The number of pyridine rings is 4. The van der Waals surface area contributed by atoms with Crippen molar-refractivity contribution in [3.8, 4) is 56.9 Å². The van der Waals surface area contributed by atoms with Gasteiger partial charge in [0.2, 0.25) is 0 Å². The maximum absolute atomic E-state index is 4.90. The lowest BCUT2D eigenvalue weighted by molar-refractivity contribution is 1.18. The molecule has 174 valence electrons. The maximum Gasteiger partial charge on any atom is 0.0894 e. The fourth-order valence-electron chi connectivity index (χ4n) is 4.23. The molecular formula is C30H24N6. The third-order valence-electron chi connectivity index (χ3n) is 6.01. The molecule has 0 aliphatic rings. The van der Waals surface area contributed by atoms with Gasteiger partial charge in [0.1, 0.15) is 0 Å². The first-order valence-electron chi connectivity index (χ1n) is 11.8. The standard InChI is InChI=1S/C30H24N6/c1-19-7-3-9-21(31-19)27-15-17-29(35-27)25-13-5-11-23(33-25)24-12-6-14-26(34-24)30-18-16-28(36-30)22-10-4-8-20(2)32-22/h3-18,35-36H,1-2H3. The largest absolute Gasteiger partial charge is 0.352 e. The Balaban J connectivity index is 1.29. The molecule has 36 heavy (non-hydrogen) atoms. The van der Waals surface area contributed by atoms with Gasteiger partial charge in [-0.2, -0.15) is 0 Å². The van der Waals surface area contributed by atoms with Crippen molar-refractivity contribution in [1.29, 1.82) is 0 Å². The van der Waals surface area contributed by atoms with Gasteiger partial charge in [-0.1, -0.05) is 24.3 Å². The Morgan fingerprint density at radius 2 is 0.667 bits per heavy atom. The first-order chi connectivity index (χ1) is 17.6. The average molecular weight is 469 g/mol. The Bertz CT molecular complexity index is 1550. The van der Waals surface area contributed by atoms with Crippen molar-refractivity contribution in [1.82, 2.24) is 29.9 Å². The van der Waals surface area contributed by atoms with Gasteiger partial charge in [-0.3, -0.25) is 9.97 Å². The van der Waals surface area contributed by atoms with Gasteiger partial charge < -0.3 is 9.97 Å². The summed E-state index contributed by atoms with van der Waals surface area (Å²) in [4.78, 5) is 25.9. The lowest BCUT2D eigenvalue weighted by atomic mass is 10.2. The van der Waals surface area contributed by atoms with E-state index in [4.69, 9.17) is 9.97 Å². The van der Waals surface area contributed by atoms with Crippen molar-refractivity contribution in [2.45, 2.75) is 13.8 Å². The molecule has 0 aromatic carbocycles. The SMILES string of the molecule is Cc1cccc(-c2ccc(-c3cccc(-c4cccc(-c5ccc(-c6cccc(C)n6)[nH]5)n4)n3)[nH]2)n1. The van der Waals surface area contributed by atoms with Crippen LogP contribution in [0.1, 0.15) is 11.4 Å². The van der Waals surface area contributed by atoms with Crippen LogP contribution in [-0.4, -0.2) is 29.9 Å². The Hall–Kier alpha value is -4.84. The van der Waals surface area contributed by atoms with Crippen LogP contribution in [0.4, 0.5) is 0 Å². The number of hydrogen-bond acceptors (Lipinski definition) is 4. The average Bonchev–Trinajstić information content (AvgIpc) is 3.60. The van der Waals surface area contributed by atoms with Crippen molar-refractivity contribution in [2.75, 3.05) is 0 Å². The number of rotatable bonds is 5. The van der Waals surface area contributed by atoms with Crippen LogP contribution in [0.3, 0.4) is 0 Å². The van der Waals surface area contributed by atoms with E-state index in [1.54, 1.807) is 0 Å². The van der Waals surface area contributed by atoms with E-state index >= 15 is 0 Å². The Morgan fingerprint density at radius 3 is 1.03 bits per heavy atom. The van der Waals surface area contributed by atoms with Crippen molar-refractivity contribution < 1.29 is 0 Å². The summed E-state index contributed by atoms with van der Waals surface area (Å²) in [6.07, 6.45) is 0. The monoisotopic (exact) mass is 468 g/mol. The minimum atomic E-state index is 0.811. The lowest BCUT2D eigenvalue weighted by Crippen LogP contribution is -1.93. The normalized spacial score (nSPS) is 11.1. The predicted octanol–water partition coefficient (Wildman–Crippen LogP) is 6.87. The van der Waals surface area contributed by atoms with Gasteiger partial charge in [0, 0.05) is 11.4 Å². The summed E-state index contributed by atoms with van der Waals surface area (Å²) in [6.45, 7) is 3.99. The molecule has 6 aromatic rings. The summed E-state index contributed by atoms with van der Waals surface area (Å²) in [5.74, 6) is 0. The quantitative estimate of drug-likeness (QED) is 0.289. The Kier molecular flexibility index (Phi) is 5.46. The summed E-state index contributed by atoms with van der Waals surface area (Å²) in [5, 5.41) is 0. The molecule has 0 atom stereocenters. The van der Waals surface area contributed by atoms with Crippen LogP contribution in [0.15, 0.2) is 97.1 Å².